The lowest BCUT2D eigenvalue weighted by atomic mass is 10.1. The van der Waals surface area contributed by atoms with E-state index < -0.39 is 11.7 Å². The normalized spacial score (nSPS) is 19.0. The van der Waals surface area contributed by atoms with E-state index in [1.54, 1.807) is 4.90 Å². The number of imidazole rings is 1. The summed E-state index contributed by atoms with van der Waals surface area (Å²) in [5.74, 6) is 0.958. The Morgan fingerprint density at radius 3 is 2.63 bits per heavy atom. The Balaban J connectivity index is 1.57. The number of piperidine rings is 1. The molecule has 1 aromatic carbocycles. The fraction of sp³-hybridized carbons (Fsp3) is 0.519. The number of rotatable bonds is 6. The van der Waals surface area contributed by atoms with Gasteiger partial charge in [-0.2, -0.15) is 0 Å². The number of benzene rings is 1. The van der Waals surface area contributed by atoms with Crippen LogP contribution < -0.4 is 9.64 Å². The standard InChI is InChI=1S/C27H35N5O3/c1-27(2,3)35-26(33)31(17-19-9-6-5-7-10-19)22-15-24(34-21-11-8-14-30(4)18-21)29-32-23(20-12-13-20)16-28-25(22)32/h5-7,9-10,15-16,20-21H,8,11-14,17-18H2,1-4H3/t21-/m0/s1. The molecule has 1 amide bonds. The summed E-state index contributed by atoms with van der Waals surface area (Å²) in [6.45, 7) is 7.92. The van der Waals surface area contributed by atoms with Crippen LogP contribution >= 0.6 is 0 Å². The van der Waals surface area contributed by atoms with Gasteiger partial charge in [-0.25, -0.2) is 14.3 Å². The van der Waals surface area contributed by atoms with Crippen molar-refractivity contribution in [2.45, 2.75) is 70.6 Å². The van der Waals surface area contributed by atoms with Gasteiger partial charge in [0.05, 0.1) is 24.1 Å². The highest BCUT2D eigenvalue weighted by Gasteiger charge is 2.32. The van der Waals surface area contributed by atoms with Gasteiger partial charge >= 0.3 is 6.09 Å². The first kappa shape index (κ1) is 23.6. The molecule has 2 aromatic heterocycles. The Kier molecular flexibility index (Phi) is 6.40. The lowest BCUT2D eigenvalue weighted by molar-refractivity contribution is 0.0577. The van der Waals surface area contributed by atoms with E-state index in [1.807, 2.05) is 67.9 Å². The van der Waals surface area contributed by atoms with Crippen LogP contribution in [-0.2, 0) is 11.3 Å². The van der Waals surface area contributed by atoms with Crippen molar-refractivity contribution in [1.29, 1.82) is 0 Å². The molecule has 0 unspecified atom stereocenters. The molecule has 8 nitrogen and oxygen atoms in total. The van der Waals surface area contributed by atoms with Crippen molar-refractivity contribution in [3.8, 4) is 5.88 Å². The summed E-state index contributed by atoms with van der Waals surface area (Å²) < 4.78 is 14.1. The predicted octanol–water partition coefficient (Wildman–Crippen LogP) is 5.02. The lowest BCUT2D eigenvalue weighted by Crippen LogP contribution is -2.39. The summed E-state index contributed by atoms with van der Waals surface area (Å²) in [7, 11) is 2.11. The van der Waals surface area contributed by atoms with Crippen LogP contribution in [0.15, 0.2) is 42.6 Å². The Bertz CT molecular complexity index is 1180. The van der Waals surface area contributed by atoms with Crippen molar-refractivity contribution >= 4 is 17.4 Å². The molecule has 5 rings (SSSR count). The Labute approximate surface area is 206 Å². The molecule has 0 radical (unpaired) electrons. The number of fused-ring (bicyclic) bond motifs is 1. The summed E-state index contributed by atoms with van der Waals surface area (Å²) in [4.78, 5) is 22.1. The second kappa shape index (κ2) is 9.49. The van der Waals surface area contributed by atoms with Gasteiger partial charge in [0.15, 0.2) is 5.65 Å². The van der Waals surface area contributed by atoms with E-state index in [2.05, 4.69) is 11.9 Å². The van der Waals surface area contributed by atoms with Crippen LogP contribution in [0.3, 0.4) is 0 Å². The molecule has 186 valence electrons. The lowest BCUT2D eigenvalue weighted by Gasteiger charge is -2.30. The number of amides is 1. The maximum absolute atomic E-state index is 13.5. The number of aromatic nitrogens is 3. The molecule has 1 saturated carbocycles. The van der Waals surface area contributed by atoms with Gasteiger partial charge in [0, 0.05) is 18.5 Å². The Morgan fingerprint density at radius 1 is 1.17 bits per heavy atom. The van der Waals surface area contributed by atoms with Gasteiger partial charge in [-0.1, -0.05) is 30.3 Å². The summed E-state index contributed by atoms with van der Waals surface area (Å²) in [6.07, 6.45) is 5.85. The molecular formula is C27H35N5O3. The van der Waals surface area contributed by atoms with Gasteiger partial charge in [0.2, 0.25) is 5.88 Å². The van der Waals surface area contributed by atoms with Crippen LogP contribution in [0.4, 0.5) is 10.5 Å². The SMILES string of the molecule is CN1CCC[C@H](Oc2cc(N(Cc3ccccc3)C(=O)OC(C)(C)C)c3ncc(C4CC4)n3n2)C1. The number of carbonyl (C=O) groups is 1. The Morgan fingerprint density at radius 2 is 1.94 bits per heavy atom. The topological polar surface area (TPSA) is 72.2 Å². The first-order valence-corrected chi connectivity index (χ1v) is 12.5. The molecule has 35 heavy (non-hydrogen) atoms. The zero-order valence-corrected chi connectivity index (χ0v) is 21.1. The first-order chi connectivity index (χ1) is 16.8. The molecule has 0 spiro atoms. The van der Waals surface area contributed by atoms with Crippen molar-refractivity contribution in [2.75, 3.05) is 25.0 Å². The molecule has 3 heterocycles. The molecule has 0 bridgehead atoms. The minimum atomic E-state index is -0.629. The third-order valence-corrected chi connectivity index (χ3v) is 6.40. The molecule has 8 heteroatoms. The third-order valence-electron chi connectivity index (χ3n) is 6.40. The minimum absolute atomic E-state index is 0.0588. The largest absolute Gasteiger partial charge is 0.472 e. The fourth-order valence-electron chi connectivity index (χ4n) is 4.58. The number of likely N-dealkylation sites (tertiary alicyclic amines) is 1. The molecule has 1 aliphatic carbocycles. The van der Waals surface area contributed by atoms with Gasteiger partial charge in [-0.3, -0.25) is 4.90 Å². The number of hydrogen-bond donors (Lipinski definition) is 0. The molecule has 3 aromatic rings. The van der Waals surface area contributed by atoms with Gasteiger partial charge in [0.25, 0.3) is 0 Å². The fourth-order valence-corrected chi connectivity index (χ4v) is 4.58. The highest BCUT2D eigenvalue weighted by atomic mass is 16.6. The van der Waals surface area contributed by atoms with Crippen LogP contribution in [0, 0.1) is 0 Å². The van der Waals surface area contributed by atoms with E-state index in [0.29, 0.717) is 29.7 Å². The molecule has 1 aliphatic heterocycles. The number of carbonyl (C=O) groups excluding carboxylic acids is 1. The van der Waals surface area contributed by atoms with Gasteiger partial charge < -0.3 is 14.4 Å². The highest BCUT2D eigenvalue weighted by molar-refractivity contribution is 5.92. The zero-order valence-electron chi connectivity index (χ0n) is 21.1. The van der Waals surface area contributed by atoms with Crippen LogP contribution in [-0.4, -0.2) is 57.4 Å². The summed E-state index contributed by atoms with van der Waals surface area (Å²) in [5.41, 5.74) is 2.72. The average Bonchev–Trinajstić information content (AvgIpc) is 3.55. The van der Waals surface area contributed by atoms with Crippen LogP contribution in [0.2, 0.25) is 0 Å². The molecule has 1 atom stereocenters. The van der Waals surface area contributed by atoms with Crippen molar-refractivity contribution in [1.82, 2.24) is 19.5 Å². The predicted molar refractivity (Wildman–Crippen MR) is 135 cm³/mol. The van der Waals surface area contributed by atoms with Crippen LogP contribution in [0.25, 0.3) is 5.65 Å². The number of anilines is 1. The monoisotopic (exact) mass is 477 g/mol. The van der Waals surface area contributed by atoms with Crippen molar-refractivity contribution in [3.05, 3.63) is 53.9 Å². The number of likely N-dealkylation sites (N-methyl/N-ethyl adjacent to an activating group) is 1. The van der Waals surface area contributed by atoms with E-state index in [9.17, 15) is 4.79 Å². The van der Waals surface area contributed by atoms with Crippen molar-refractivity contribution in [3.63, 3.8) is 0 Å². The molecule has 2 fully saturated rings. The Hall–Kier alpha value is -3.13. The minimum Gasteiger partial charge on any atom is -0.472 e. The van der Waals surface area contributed by atoms with Gasteiger partial charge in [-0.15, -0.1) is 5.10 Å². The maximum Gasteiger partial charge on any atom is 0.415 e. The first-order valence-electron chi connectivity index (χ1n) is 12.5. The van der Waals surface area contributed by atoms with Gasteiger partial charge in [-0.05, 0) is 65.6 Å². The number of hydrogen-bond acceptors (Lipinski definition) is 6. The molecule has 1 saturated heterocycles. The zero-order chi connectivity index (χ0) is 24.6. The van der Waals surface area contributed by atoms with E-state index in [4.69, 9.17) is 19.6 Å². The smallest absolute Gasteiger partial charge is 0.415 e. The van der Waals surface area contributed by atoms with E-state index >= 15 is 0 Å². The highest BCUT2D eigenvalue weighted by Crippen LogP contribution is 2.41. The third kappa shape index (κ3) is 5.59. The summed E-state index contributed by atoms with van der Waals surface area (Å²) >= 11 is 0. The second-order valence-corrected chi connectivity index (χ2v) is 10.8. The van der Waals surface area contributed by atoms with E-state index in [1.165, 1.54) is 0 Å². The van der Waals surface area contributed by atoms with Gasteiger partial charge in [0.1, 0.15) is 11.7 Å². The molecular weight excluding hydrogens is 442 g/mol. The maximum atomic E-state index is 13.5. The average molecular weight is 478 g/mol. The van der Waals surface area contributed by atoms with E-state index in [0.717, 1.165) is 50.0 Å². The van der Waals surface area contributed by atoms with Crippen LogP contribution in [0.5, 0.6) is 5.88 Å². The summed E-state index contributed by atoms with van der Waals surface area (Å²) in [6, 6.07) is 11.8. The molecule has 2 aliphatic rings. The quantitative estimate of drug-likeness (QED) is 0.496. The summed E-state index contributed by atoms with van der Waals surface area (Å²) in [5, 5.41) is 4.83. The van der Waals surface area contributed by atoms with Crippen LogP contribution in [0.1, 0.15) is 63.6 Å². The van der Waals surface area contributed by atoms with Crippen molar-refractivity contribution < 1.29 is 14.3 Å². The van der Waals surface area contributed by atoms with Crippen molar-refractivity contribution in [2.24, 2.45) is 0 Å². The number of nitrogens with zero attached hydrogens (tertiary/aromatic N) is 5. The molecule has 0 N–H and O–H groups in total. The number of ether oxygens (including phenoxy) is 2. The second-order valence-electron chi connectivity index (χ2n) is 10.8. The van der Waals surface area contributed by atoms with E-state index in [-0.39, 0.29) is 6.10 Å².